The smallest absolute Gasteiger partial charge is 0.335 e. The summed E-state index contributed by atoms with van der Waals surface area (Å²) in [6.45, 7) is 2.58. The maximum atomic E-state index is 12.0. The monoisotopic (exact) mass is 303 g/mol. The zero-order valence-electron chi connectivity index (χ0n) is 12.1. The third kappa shape index (κ3) is 4.92. The number of anilines is 1. The highest BCUT2D eigenvalue weighted by Crippen LogP contribution is 2.12. The number of nitrogens with one attached hydrogen (secondary N) is 1. The van der Waals surface area contributed by atoms with Crippen LogP contribution in [0.1, 0.15) is 17.3 Å². The van der Waals surface area contributed by atoms with E-state index in [2.05, 4.69) is 5.32 Å². The molecule has 116 valence electrons. The fourth-order valence-electron chi connectivity index (χ4n) is 1.69. The van der Waals surface area contributed by atoms with Crippen LogP contribution in [0.25, 0.3) is 0 Å². The fourth-order valence-corrected chi connectivity index (χ4v) is 1.69. The van der Waals surface area contributed by atoms with Gasteiger partial charge in [-0.25, -0.2) is 4.79 Å². The van der Waals surface area contributed by atoms with Crippen LogP contribution in [0.2, 0.25) is 0 Å². The largest absolute Gasteiger partial charge is 0.478 e. The van der Waals surface area contributed by atoms with Crippen molar-refractivity contribution in [2.45, 2.75) is 6.92 Å². The Bertz CT molecular complexity index is 619. The molecular weight excluding hydrogens is 286 g/mol. The lowest BCUT2D eigenvalue weighted by Gasteiger charge is -2.17. The second-order valence-electron chi connectivity index (χ2n) is 4.35. The normalized spacial score (nSPS) is 10.7. The van der Waals surface area contributed by atoms with E-state index >= 15 is 0 Å². The number of rotatable bonds is 7. The molecule has 0 aliphatic carbocycles. The summed E-state index contributed by atoms with van der Waals surface area (Å²) in [5.74, 6) is -1.74. The lowest BCUT2D eigenvalue weighted by Crippen LogP contribution is -2.23. The highest BCUT2D eigenvalue weighted by Gasteiger charge is 2.12. The molecule has 0 aromatic heterocycles. The Balaban J connectivity index is 2.90. The lowest BCUT2D eigenvalue weighted by atomic mass is 10.2. The van der Waals surface area contributed by atoms with Gasteiger partial charge in [0.1, 0.15) is 11.6 Å². The van der Waals surface area contributed by atoms with E-state index in [9.17, 15) is 9.59 Å². The topological polar surface area (TPSA) is 114 Å². The predicted molar refractivity (Wildman–Crippen MR) is 80.1 cm³/mol. The summed E-state index contributed by atoms with van der Waals surface area (Å²) in [4.78, 5) is 24.6. The molecule has 1 aromatic carbocycles. The number of carboxylic acid groups (broad SMARTS) is 1. The Morgan fingerprint density at radius 1 is 1.45 bits per heavy atom. The third-order valence-corrected chi connectivity index (χ3v) is 2.84. The maximum absolute atomic E-state index is 12.0. The number of nitrogens with zero attached hydrogens (tertiary/aromatic N) is 2. The van der Waals surface area contributed by atoms with Gasteiger partial charge in [-0.1, -0.05) is 6.07 Å². The molecule has 0 aliphatic rings. The van der Waals surface area contributed by atoms with Crippen molar-refractivity contribution >= 4 is 17.6 Å². The molecule has 0 unspecified atom stereocenters. The number of nitriles is 1. The first-order valence-electron chi connectivity index (χ1n) is 6.63. The number of aliphatic hydroxyl groups excluding tert-OH is 1. The van der Waals surface area contributed by atoms with Crippen molar-refractivity contribution in [2.75, 3.05) is 25.0 Å². The standard InChI is InChI=1S/C15H17N3O4/c1-2-18(6-7-19)10-12(9-16)14(20)17-13-5-3-4-11(8-13)15(21)22/h3-5,8,10,19H,2,6-7H2,1H3,(H,17,20)(H,21,22)/b12-10-. The summed E-state index contributed by atoms with van der Waals surface area (Å²) in [7, 11) is 0. The Morgan fingerprint density at radius 3 is 2.73 bits per heavy atom. The van der Waals surface area contributed by atoms with Gasteiger partial charge in [-0.15, -0.1) is 0 Å². The number of hydrogen-bond donors (Lipinski definition) is 3. The van der Waals surface area contributed by atoms with Crippen molar-refractivity contribution in [2.24, 2.45) is 0 Å². The molecule has 0 aliphatic heterocycles. The molecule has 0 saturated heterocycles. The molecule has 0 bridgehead atoms. The molecule has 1 aromatic rings. The molecule has 7 heteroatoms. The molecule has 0 heterocycles. The number of amides is 1. The van der Waals surface area contributed by atoms with Gasteiger partial charge < -0.3 is 20.4 Å². The van der Waals surface area contributed by atoms with Crippen LogP contribution in [-0.4, -0.2) is 46.7 Å². The number of hydrogen-bond acceptors (Lipinski definition) is 5. The van der Waals surface area contributed by atoms with Crippen LogP contribution in [0.4, 0.5) is 5.69 Å². The quantitative estimate of drug-likeness (QED) is 0.512. The molecule has 7 nitrogen and oxygen atoms in total. The zero-order chi connectivity index (χ0) is 16.5. The summed E-state index contributed by atoms with van der Waals surface area (Å²) < 4.78 is 0. The molecule has 0 saturated carbocycles. The molecule has 0 radical (unpaired) electrons. The number of aliphatic hydroxyl groups is 1. The third-order valence-electron chi connectivity index (χ3n) is 2.84. The number of aromatic carboxylic acids is 1. The van der Waals surface area contributed by atoms with E-state index in [0.29, 0.717) is 13.1 Å². The summed E-state index contributed by atoms with van der Waals surface area (Å²) >= 11 is 0. The van der Waals surface area contributed by atoms with Gasteiger partial charge in [0.25, 0.3) is 5.91 Å². The van der Waals surface area contributed by atoms with E-state index in [4.69, 9.17) is 15.5 Å². The Labute approximate surface area is 128 Å². The molecular formula is C15H17N3O4. The molecule has 22 heavy (non-hydrogen) atoms. The average Bonchev–Trinajstić information content (AvgIpc) is 2.51. The van der Waals surface area contributed by atoms with Gasteiger partial charge in [0, 0.05) is 25.0 Å². The van der Waals surface area contributed by atoms with Crippen molar-refractivity contribution in [1.82, 2.24) is 4.90 Å². The van der Waals surface area contributed by atoms with E-state index in [1.165, 1.54) is 30.5 Å². The maximum Gasteiger partial charge on any atom is 0.335 e. The zero-order valence-corrected chi connectivity index (χ0v) is 12.1. The summed E-state index contributed by atoms with van der Waals surface area (Å²) in [6.07, 6.45) is 1.37. The van der Waals surface area contributed by atoms with E-state index in [-0.39, 0.29) is 23.4 Å². The first kappa shape index (κ1) is 17.2. The second-order valence-corrected chi connectivity index (χ2v) is 4.35. The Hall–Kier alpha value is -2.85. The minimum absolute atomic E-state index is 0.0377. The molecule has 0 atom stereocenters. The van der Waals surface area contributed by atoms with Crippen molar-refractivity contribution < 1.29 is 19.8 Å². The Kier molecular flexibility index (Phi) is 6.60. The van der Waals surface area contributed by atoms with Gasteiger partial charge in [-0.3, -0.25) is 4.79 Å². The van der Waals surface area contributed by atoms with Crippen molar-refractivity contribution in [1.29, 1.82) is 5.26 Å². The highest BCUT2D eigenvalue weighted by atomic mass is 16.4. The van der Waals surface area contributed by atoms with Gasteiger partial charge in [-0.2, -0.15) is 5.26 Å². The van der Waals surface area contributed by atoms with Gasteiger partial charge in [-0.05, 0) is 25.1 Å². The summed E-state index contributed by atoms with van der Waals surface area (Å²) in [6, 6.07) is 7.53. The summed E-state index contributed by atoms with van der Waals surface area (Å²) in [5.41, 5.74) is 0.197. The Morgan fingerprint density at radius 2 is 2.18 bits per heavy atom. The van der Waals surface area contributed by atoms with Crippen molar-refractivity contribution in [3.05, 3.63) is 41.6 Å². The van der Waals surface area contributed by atoms with Crippen LogP contribution in [0.3, 0.4) is 0 Å². The van der Waals surface area contributed by atoms with Gasteiger partial charge in [0.05, 0.1) is 12.2 Å². The molecule has 1 rings (SSSR count). The summed E-state index contributed by atoms with van der Waals surface area (Å²) in [5, 5.41) is 29.3. The fraction of sp³-hybridized carbons (Fsp3) is 0.267. The first-order valence-corrected chi connectivity index (χ1v) is 6.63. The number of carboxylic acids is 1. The number of benzene rings is 1. The first-order chi connectivity index (χ1) is 10.5. The molecule has 0 spiro atoms. The van der Waals surface area contributed by atoms with E-state index in [0.717, 1.165) is 0 Å². The van der Waals surface area contributed by atoms with Crippen LogP contribution in [0.15, 0.2) is 36.0 Å². The van der Waals surface area contributed by atoms with Crippen molar-refractivity contribution in [3.63, 3.8) is 0 Å². The van der Waals surface area contributed by atoms with E-state index in [1.54, 1.807) is 11.0 Å². The van der Waals surface area contributed by atoms with Crippen LogP contribution in [0.5, 0.6) is 0 Å². The molecule has 0 fully saturated rings. The van der Waals surface area contributed by atoms with E-state index < -0.39 is 11.9 Å². The molecule has 1 amide bonds. The minimum Gasteiger partial charge on any atom is -0.478 e. The number of carbonyl (C=O) groups excluding carboxylic acids is 1. The second kappa shape index (κ2) is 8.44. The average molecular weight is 303 g/mol. The van der Waals surface area contributed by atoms with Crippen LogP contribution in [-0.2, 0) is 4.79 Å². The highest BCUT2D eigenvalue weighted by molar-refractivity contribution is 6.06. The van der Waals surface area contributed by atoms with Gasteiger partial charge in [0.15, 0.2) is 0 Å². The van der Waals surface area contributed by atoms with Gasteiger partial charge in [0.2, 0.25) is 0 Å². The van der Waals surface area contributed by atoms with Crippen LogP contribution in [0, 0.1) is 11.3 Å². The van der Waals surface area contributed by atoms with E-state index in [1.807, 2.05) is 6.92 Å². The van der Waals surface area contributed by atoms with Crippen LogP contribution >= 0.6 is 0 Å². The lowest BCUT2D eigenvalue weighted by molar-refractivity contribution is -0.112. The minimum atomic E-state index is -1.10. The van der Waals surface area contributed by atoms with Crippen molar-refractivity contribution in [3.8, 4) is 6.07 Å². The van der Waals surface area contributed by atoms with Crippen LogP contribution < -0.4 is 5.32 Å². The molecule has 3 N–H and O–H groups in total. The predicted octanol–water partition coefficient (Wildman–Crippen LogP) is 1.04. The number of carbonyl (C=O) groups is 2. The SMILES string of the molecule is CCN(/C=C(/C#N)C(=O)Nc1cccc(C(=O)O)c1)CCO. The number of likely N-dealkylation sites (N-methyl/N-ethyl adjacent to an activating group) is 1. The van der Waals surface area contributed by atoms with Gasteiger partial charge >= 0.3 is 5.97 Å².